The summed E-state index contributed by atoms with van der Waals surface area (Å²) >= 11 is 0. The second-order valence-electron chi connectivity index (χ2n) is 7.89. The number of likely N-dealkylation sites (N-methyl/N-ethyl adjacent to an activating group) is 1. The summed E-state index contributed by atoms with van der Waals surface area (Å²) in [6, 6.07) is 0. The minimum atomic E-state index is -1.14. The Morgan fingerprint density at radius 3 is 2.52 bits per heavy atom. The molecule has 3 atom stereocenters. The summed E-state index contributed by atoms with van der Waals surface area (Å²) in [6.07, 6.45) is 2.37. The lowest BCUT2D eigenvalue weighted by Gasteiger charge is -2.39. The number of aliphatic hydroxyl groups excluding tert-OH is 2. The van der Waals surface area contributed by atoms with Crippen molar-refractivity contribution in [3.63, 3.8) is 0 Å². The molecular formula is C18H33NO4. The van der Waals surface area contributed by atoms with Gasteiger partial charge in [-0.3, -0.25) is 0 Å². The van der Waals surface area contributed by atoms with Crippen LogP contribution in [-0.4, -0.2) is 53.2 Å². The van der Waals surface area contributed by atoms with Gasteiger partial charge in [-0.15, -0.1) is 0 Å². The highest BCUT2D eigenvalue weighted by molar-refractivity contribution is 5.19. The number of aliphatic hydroxyl groups is 2. The minimum absolute atomic E-state index is 0.0327. The molecule has 2 N–H and O–H groups in total. The van der Waals surface area contributed by atoms with Crippen molar-refractivity contribution in [1.82, 2.24) is 4.90 Å². The minimum Gasteiger partial charge on any atom is -0.508 e. The molecule has 2 rings (SSSR count). The average molecular weight is 327 g/mol. The van der Waals surface area contributed by atoms with Crippen LogP contribution in [0.4, 0.5) is 0 Å². The largest absolute Gasteiger partial charge is 0.508 e. The van der Waals surface area contributed by atoms with Crippen LogP contribution in [0.3, 0.4) is 0 Å². The van der Waals surface area contributed by atoms with Crippen LogP contribution in [0.25, 0.3) is 0 Å². The van der Waals surface area contributed by atoms with Gasteiger partial charge in [0.25, 0.3) is 0 Å². The third-order valence-electron chi connectivity index (χ3n) is 5.05. The van der Waals surface area contributed by atoms with Gasteiger partial charge in [0.1, 0.15) is 5.76 Å². The lowest BCUT2D eigenvalue weighted by Crippen LogP contribution is -2.43. The highest BCUT2D eigenvalue weighted by atomic mass is 16.8. The van der Waals surface area contributed by atoms with E-state index in [0.29, 0.717) is 13.0 Å². The van der Waals surface area contributed by atoms with Gasteiger partial charge in [0.05, 0.1) is 12.7 Å². The molecule has 5 heteroatoms. The van der Waals surface area contributed by atoms with E-state index < -0.39 is 5.79 Å². The van der Waals surface area contributed by atoms with Crippen molar-refractivity contribution < 1.29 is 19.7 Å². The number of nitrogens with zero attached hydrogens (tertiary/aromatic N) is 1. The molecule has 1 aliphatic heterocycles. The molecule has 0 amide bonds. The molecule has 5 nitrogen and oxygen atoms in total. The molecule has 1 heterocycles. The van der Waals surface area contributed by atoms with Crippen molar-refractivity contribution in [3.8, 4) is 0 Å². The summed E-state index contributed by atoms with van der Waals surface area (Å²) in [5.74, 6) is -1.29. The molecular weight excluding hydrogens is 294 g/mol. The molecule has 134 valence electrons. The molecule has 0 radical (unpaired) electrons. The number of allylic oxidation sites excluding steroid dienone is 1. The van der Waals surface area contributed by atoms with E-state index in [2.05, 4.69) is 39.5 Å². The molecule has 0 saturated carbocycles. The quantitative estimate of drug-likeness (QED) is 0.807. The van der Waals surface area contributed by atoms with E-state index in [9.17, 15) is 10.2 Å². The molecule has 1 spiro atoms. The maximum absolute atomic E-state index is 10.5. The van der Waals surface area contributed by atoms with Crippen molar-refractivity contribution in [1.29, 1.82) is 0 Å². The van der Waals surface area contributed by atoms with Gasteiger partial charge in [-0.05, 0) is 31.3 Å². The molecule has 3 unspecified atom stereocenters. The Morgan fingerprint density at radius 2 is 1.96 bits per heavy atom. The summed E-state index contributed by atoms with van der Waals surface area (Å²) in [7, 11) is 0. The van der Waals surface area contributed by atoms with Gasteiger partial charge in [0.2, 0.25) is 5.79 Å². The first kappa shape index (κ1) is 18.6. The van der Waals surface area contributed by atoms with E-state index in [-0.39, 0.29) is 29.0 Å². The van der Waals surface area contributed by atoms with E-state index in [0.717, 1.165) is 32.5 Å². The van der Waals surface area contributed by atoms with E-state index in [1.54, 1.807) is 0 Å². The Hall–Kier alpha value is -0.780. The van der Waals surface area contributed by atoms with Crippen molar-refractivity contribution in [2.24, 2.45) is 11.3 Å². The van der Waals surface area contributed by atoms with Gasteiger partial charge in [0, 0.05) is 18.9 Å². The number of hydrogen-bond acceptors (Lipinski definition) is 5. The smallest absolute Gasteiger partial charge is 0.231 e. The van der Waals surface area contributed by atoms with Gasteiger partial charge < -0.3 is 24.6 Å². The fourth-order valence-corrected chi connectivity index (χ4v) is 3.69. The van der Waals surface area contributed by atoms with Crippen LogP contribution in [0, 0.1) is 11.3 Å². The summed E-state index contributed by atoms with van der Waals surface area (Å²) < 4.78 is 11.9. The first-order valence-corrected chi connectivity index (χ1v) is 8.90. The molecule has 1 saturated heterocycles. The van der Waals surface area contributed by atoms with Gasteiger partial charge in [-0.1, -0.05) is 34.6 Å². The maximum Gasteiger partial charge on any atom is 0.231 e. The third-order valence-corrected chi connectivity index (χ3v) is 5.05. The zero-order valence-corrected chi connectivity index (χ0v) is 15.3. The standard InChI is InChI=1S/C18H33NO4/c1-6-10-19(7-2)11-13-12-22-18(23-13)9-8-14(17(3,4)5)15(20)16(18)21/h13-14,20-21H,6-12H2,1-5H3. The van der Waals surface area contributed by atoms with Crippen molar-refractivity contribution >= 4 is 0 Å². The molecule has 23 heavy (non-hydrogen) atoms. The Bertz CT molecular complexity index is 443. The van der Waals surface area contributed by atoms with Crippen molar-refractivity contribution in [3.05, 3.63) is 11.5 Å². The monoisotopic (exact) mass is 327 g/mol. The molecule has 1 fully saturated rings. The van der Waals surface area contributed by atoms with Gasteiger partial charge >= 0.3 is 0 Å². The molecule has 0 aromatic heterocycles. The van der Waals surface area contributed by atoms with Crippen LogP contribution in [0.2, 0.25) is 0 Å². The second kappa shape index (κ2) is 6.99. The number of ether oxygens (including phenoxy) is 2. The summed E-state index contributed by atoms with van der Waals surface area (Å²) in [5.41, 5.74) is -0.0994. The number of rotatable bonds is 5. The van der Waals surface area contributed by atoms with E-state index in [1.807, 2.05) is 0 Å². The molecule has 0 bridgehead atoms. The summed E-state index contributed by atoms with van der Waals surface area (Å²) in [5, 5.41) is 21.0. The topological polar surface area (TPSA) is 62.2 Å². The van der Waals surface area contributed by atoms with E-state index >= 15 is 0 Å². The predicted molar refractivity (Wildman–Crippen MR) is 90.4 cm³/mol. The average Bonchev–Trinajstić information content (AvgIpc) is 2.87. The van der Waals surface area contributed by atoms with Gasteiger partial charge in [0.15, 0.2) is 5.76 Å². The van der Waals surface area contributed by atoms with Crippen LogP contribution in [0.1, 0.15) is 53.9 Å². The zero-order chi connectivity index (χ0) is 17.3. The van der Waals surface area contributed by atoms with Crippen LogP contribution in [0.15, 0.2) is 11.5 Å². The lowest BCUT2D eigenvalue weighted by molar-refractivity contribution is -0.180. The molecule has 2 aliphatic rings. The number of hydrogen-bond donors (Lipinski definition) is 2. The van der Waals surface area contributed by atoms with Crippen molar-refractivity contribution in [2.75, 3.05) is 26.2 Å². The fraction of sp³-hybridized carbons (Fsp3) is 0.889. The molecule has 0 aromatic rings. The SMILES string of the molecule is CCCN(CC)CC1COC2(CCC(C(C)(C)C)C(O)=C2O)O1. The maximum atomic E-state index is 10.5. The van der Waals surface area contributed by atoms with Gasteiger partial charge in [-0.2, -0.15) is 0 Å². The Labute approximate surface area is 140 Å². The Balaban J connectivity index is 2.09. The first-order chi connectivity index (χ1) is 10.7. The third kappa shape index (κ3) is 3.83. The van der Waals surface area contributed by atoms with Crippen LogP contribution in [-0.2, 0) is 9.47 Å². The summed E-state index contributed by atoms with van der Waals surface area (Å²) in [6.45, 7) is 13.8. The van der Waals surface area contributed by atoms with E-state index in [4.69, 9.17) is 9.47 Å². The van der Waals surface area contributed by atoms with Crippen LogP contribution >= 0.6 is 0 Å². The second-order valence-corrected chi connectivity index (χ2v) is 7.89. The van der Waals surface area contributed by atoms with Crippen LogP contribution in [0.5, 0.6) is 0 Å². The predicted octanol–water partition coefficient (Wildman–Crippen LogP) is 3.61. The fourth-order valence-electron chi connectivity index (χ4n) is 3.69. The normalized spacial score (nSPS) is 32.3. The van der Waals surface area contributed by atoms with E-state index in [1.165, 1.54) is 0 Å². The Morgan fingerprint density at radius 1 is 1.26 bits per heavy atom. The van der Waals surface area contributed by atoms with Gasteiger partial charge in [-0.25, -0.2) is 0 Å². The Kier molecular flexibility index (Phi) is 5.64. The van der Waals surface area contributed by atoms with Crippen molar-refractivity contribution in [2.45, 2.75) is 65.8 Å². The lowest BCUT2D eigenvalue weighted by atomic mass is 9.73. The highest BCUT2D eigenvalue weighted by Gasteiger charge is 2.52. The molecule has 1 aliphatic carbocycles. The summed E-state index contributed by atoms with van der Waals surface area (Å²) in [4.78, 5) is 2.33. The zero-order valence-electron chi connectivity index (χ0n) is 15.3. The van der Waals surface area contributed by atoms with Crippen LogP contribution < -0.4 is 0 Å². The highest BCUT2D eigenvalue weighted by Crippen LogP contribution is 2.47. The first-order valence-electron chi connectivity index (χ1n) is 8.90. The molecule has 0 aromatic carbocycles.